The number of amides is 1. The van der Waals surface area contributed by atoms with Crippen molar-refractivity contribution < 1.29 is 9.69 Å². The van der Waals surface area contributed by atoms with E-state index in [9.17, 15) is 4.79 Å². The summed E-state index contributed by atoms with van der Waals surface area (Å²) in [5.41, 5.74) is 2.96. The van der Waals surface area contributed by atoms with Crippen molar-refractivity contribution in [2.45, 2.75) is 44.7 Å². The van der Waals surface area contributed by atoms with Crippen molar-refractivity contribution in [2.24, 2.45) is 5.92 Å². The van der Waals surface area contributed by atoms with Crippen LogP contribution < -0.4 is 10.2 Å². The number of rotatable bonds is 5. The van der Waals surface area contributed by atoms with Crippen LogP contribution in [0.2, 0.25) is 0 Å². The van der Waals surface area contributed by atoms with E-state index in [0.717, 1.165) is 38.9 Å². The number of carbonyl (C=O) groups is 1. The first kappa shape index (κ1) is 16.8. The van der Waals surface area contributed by atoms with Crippen molar-refractivity contribution in [3.05, 3.63) is 57.8 Å². The number of fused-ring (bicyclic) bond motifs is 1. The monoisotopic (exact) mass is 355 g/mol. The van der Waals surface area contributed by atoms with Crippen LogP contribution in [0.15, 0.2) is 41.8 Å². The molecular weight excluding hydrogens is 328 g/mol. The fourth-order valence-corrected chi connectivity index (χ4v) is 5.26. The molecule has 1 saturated carbocycles. The molecule has 2 N–H and O–H groups in total. The Balaban J connectivity index is 1.46. The standard InChI is InChI=1S/C21H26N2OS/c24-21(17-7-2-3-8-17)22-14-19(20-10-5-13-25-20)23-12-11-16-6-1-4-9-18(16)15-23/h1,4-6,9-10,13,17,19H,2-3,7-8,11-12,14-15H2,(H,22,24)/p+1/t19-/m0/s1. The van der Waals surface area contributed by atoms with E-state index in [1.165, 1.54) is 28.8 Å². The normalized spacial score (nSPS) is 21.7. The Morgan fingerprint density at radius 1 is 1.16 bits per heavy atom. The first-order valence-corrected chi connectivity index (χ1v) is 10.4. The Labute approximate surface area is 154 Å². The molecule has 1 aliphatic carbocycles. The van der Waals surface area contributed by atoms with E-state index in [2.05, 4.69) is 47.1 Å². The lowest BCUT2D eigenvalue weighted by Crippen LogP contribution is -3.12. The van der Waals surface area contributed by atoms with Gasteiger partial charge in [-0.25, -0.2) is 0 Å². The van der Waals surface area contributed by atoms with E-state index in [0.29, 0.717) is 6.04 Å². The quantitative estimate of drug-likeness (QED) is 0.850. The highest BCUT2D eigenvalue weighted by atomic mass is 32.1. The summed E-state index contributed by atoms with van der Waals surface area (Å²) in [7, 11) is 0. The van der Waals surface area contributed by atoms with Crippen molar-refractivity contribution in [1.82, 2.24) is 5.32 Å². The number of nitrogens with one attached hydrogen (secondary N) is 2. The van der Waals surface area contributed by atoms with E-state index < -0.39 is 0 Å². The molecule has 2 aromatic rings. The van der Waals surface area contributed by atoms with Gasteiger partial charge in [0.15, 0.2) is 0 Å². The maximum atomic E-state index is 12.5. The van der Waals surface area contributed by atoms with Gasteiger partial charge in [-0.15, -0.1) is 11.3 Å². The minimum absolute atomic E-state index is 0.251. The van der Waals surface area contributed by atoms with Crippen molar-refractivity contribution in [3.8, 4) is 0 Å². The molecule has 2 aliphatic rings. The van der Waals surface area contributed by atoms with E-state index >= 15 is 0 Å². The first-order chi connectivity index (χ1) is 12.3. The van der Waals surface area contributed by atoms with Gasteiger partial charge in [-0.1, -0.05) is 43.2 Å². The third-order valence-corrected chi connectivity index (χ3v) is 6.82. The lowest BCUT2D eigenvalue weighted by atomic mass is 9.98. The molecule has 1 aromatic heterocycles. The van der Waals surface area contributed by atoms with Crippen LogP contribution in [0.1, 0.15) is 47.7 Å². The number of thiophene rings is 1. The summed E-state index contributed by atoms with van der Waals surface area (Å²) in [5, 5.41) is 5.43. The van der Waals surface area contributed by atoms with Gasteiger partial charge < -0.3 is 10.2 Å². The predicted molar refractivity (Wildman–Crippen MR) is 102 cm³/mol. The van der Waals surface area contributed by atoms with Gasteiger partial charge in [-0.3, -0.25) is 4.79 Å². The average Bonchev–Trinajstić information content (AvgIpc) is 3.35. The summed E-state index contributed by atoms with van der Waals surface area (Å²) in [4.78, 5) is 15.5. The number of quaternary nitrogens is 1. The van der Waals surface area contributed by atoms with Crippen LogP contribution in [0.3, 0.4) is 0 Å². The summed E-state index contributed by atoms with van der Waals surface area (Å²) < 4.78 is 0. The zero-order chi connectivity index (χ0) is 17.1. The molecule has 2 heterocycles. The highest BCUT2D eigenvalue weighted by Crippen LogP contribution is 2.25. The Hall–Kier alpha value is -1.65. The van der Waals surface area contributed by atoms with Gasteiger partial charge >= 0.3 is 0 Å². The summed E-state index contributed by atoms with van der Waals surface area (Å²) in [6.45, 7) is 2.95. The van der Waals surface area contributed by atoms with E-state index in [1.54, 1.807) is 4.90 Å². The lowest BCUT2D eigenvalue weighted by Gasteiger charge is -2.32. The van der Waals surface area contributed by atoms with E-state index in [4.69, 9.17) is 0 Å². The Kier molecular flexibility index (Phi) is 5.18. The maximum Gasteiger partial charge on any atom is 0.223 e. The summed E-state index contributed by atoms with van der Waals surface area (Å²) in [6.07, 6.45) is 5.68. The Morgan fingerprint density at radius 2 is 1.96 bits per heavy atom. The molecule has 0 spiro atoms. The van der Waals surface area contributed by atoms with E-state index in [1.807, 2.05) is 11.3 Å². The average molecular weight is 356 g/mol. The van der Waals surface area contributed by atoms with Crippen LogP contribution in [0, 0.1) is 5.92 Å². The van der Waals surface area contributed by atoms with Gasteiger partial charge in [-0.2, -0.15) is 0 Å². The molecule has 0 saturated heterocycles. The van der Waals surface area contributed by atoms with Crippen LogP contribution in [0.25, 0.3) is 0 Å². The minimum atomic E-state index is 0.251. The highest BCUT2D eigenvalue weighted by molar-refractivity contribution is 7.10. The molecule has 1 fully saturated rings. The Bertz CT molecular complexity index is 706. The number of hydrogen-bond donors (Lipinski definition) is 2. The third kappa shape index (κ3) is 3.80. The minimum Gasteiger partial charge on any atom is -0.349 e. The maximum absolute atomic E-state index is 12.5. The van der Waals surface area contributed by atoms with Gasteiger partial charge in [0, 0.05) is 17.9 Å². The fourth-order valence-electron chi connectivity index (χ4n) is 4.37. The van der Waals surface area contributed by atoms with Crippen LogP contribution >= 0.6 is 11.3 Å². The molecule has 0 bridgehead atoms. The van der Waals surface area contributed by atoms with Crippen LogP contribution in [0.5, 0.6) is 0 Å². The molecule has 0 radical (unpaired) electrons. The summed E-state index contributed by atoms with van der Waals surface area (Å²) in [6, 6.07) is 13.5. The third-order valence-electron chi connectivity index (χ3n) is 5.84. The van der Waals surface area contributed by atoms with Crippen LogP contribution in [-0.2, 0) is 17.8 Å². The second kappa shape index (κ2) is 7.71. The Morgan fingerprint density at radius 3 is 2.72 bits per heavy atom. The summed E-state index contributed by atoms with van der Waals surface area (Å²) >= 11 is 1.82. The topological polar surface area (TPSA) is 33.5 Å². The van der Waals surface area contributed by atoms with E-state index in [-0.39, 0.29) is 11.8 Å². The fraction of sp³-hybridized carbons (Fsp3) is 0.476. The van der Waals surface area contributed by atoms with Gasteiger partial charge in [0.05, 0.1) is 18.0 Å². The number of benzene rings is 1. The molecule has 1 unspecified atom stereocenters. The van der Waals surface area contributed by atoms with Crippen molar-refractivity contribution >= 4 is 17.2 Å². The molecule has 1 amide bonds. The number of carbonyl (C=O) groups excluding carboxylic acids is 1. The predicted octanol–water partition coefficient (Wildman–Crippen LogP) is 2.74. The number of hydrogen-bond acceptors (Lipinski definition) is 2. The van der Waals surface area contributed by atoms with Gasteiger partial charge in [-0.05, 0) is 29.9 Å². The SMILES string of the molecule is O=C(NC[C@@H](c1cccs1)[NH+]1CCc2ccccc2C1)C1CCCC1. The second-order valence-corrected chi connectivity index (χ2v) is 8.38. The molecule has 1 aromatic carbocycles. The van der Waals surface area contributed by atoms with Crippen LogP contribution in [0.4, 0.5) is 0 Å². The molecule has 3 nitrogen and oxygen atoms in total. The van der Waals surface area contributed by atoms with Crippen molar-refractivity contribution in [1.29, 1.82) is 0 Å². The summed E-state index contributed by atoms with van der Waals surface area (Å²) in [5.74, 6) is 0.525. The van der Waals surface area contributed by atoms with Crippen molar-refractivity contribution in [2.75, 3.05) is 13.1 Å². The molecular formula is C21H27N2OS+. The zero-order valence-corrected chi connectivity index (χ0v) is 15.5. The molecule has 4 heteroatoms. The first-order valence-electron chi connectivity index (χ1n) is 9.54. The molecule has 1 aliphatic heterocycles. The largest absolute Gasteiger partial charge is 0.349 e. The van der Waals surface area contributed by atoms with Gasteiger partial charge in [0.1, 0.15) is 12.6 Å². The lowest BCUT2D eigenvalue weighted by molar-refractivity contribution is -0.945. The second-order valence-electron chi connectivity index (χ2n) is 7.40. The smallest absolute Gasteiger partial charge is 0.223 e. The molecule has 4 rings (SSSR count). The van der Waals surface area contributed by atoms with Crippen LogP contribution in [-0.4, -0.2) is 19.0 Å². The van der Waals surface area contributed by atoms with Crippen molar-refractivity contribution in [3.63, 3.8) is 0 Å². The van der Waals surface area contributed by atoms with Gasteiger partial charge in [0.25, 0.3) is 0 Å². The zero-order valence-electron chi connectivity index (χ0n) is 14.7. The molecule has 25 heavy (non-hydrogen) atoms. The molecule has 132 valence electrons. The van der Waals surface area contributed by atoms with Gasteiger partial charge in [0.2, 0.25) is 5.91 Å². The highest BCUT2D eigenvalue weighted by Gasteiger charge is 2.30. The molecule has 2 atom stereocenters.